The summed E-state index contributed by atoms with van der Waals surface area (Å²) in [6, 6.07) is 13.2. The number of rotatable bonds is 4. The van der Waals surface area contributed by atoms with Crippen molar-refractivity contribution < 1.29 is 9.53 Å². The minimum Gasteiger partial charge on any atom is -0.497 e. The summed E-state index contributed by atoms with van der Waals surface area (Å²) >= 11 is 3.43. The first kappa shape index (κ1) is 15.3. The Morgan fingerprint density at radius 2 is 2.05 bits per heavy atom. The zero-order chi connectivity index (χ0) is 15.2. The van der Waals surface area contributed by atoms with Crippen LogP contribution in [0, 0.1) is 6.92 Å². The van der Waals surface area contributed by atoms with E-state index in [9.17, 15) is 4.79 Å². The molecule has 3 nitrogen and oxygen atoms in total. The van der Waals surface area contributed by atoms with E-state index in [0.29, 0.717) is 0 Å². The van der Waals surface area contributed by atoms with Gasteiger partial charge in [0.25, 0.3) is 0 Å². The van der Waals surface area contributed by atoms with Crippen molar-refractivity contribution in [1.82, 2.24) is 0 Å². The van der Waals surface area contributed by atoms with Crippen LogP contribution >= 0.6 is 15.9 Å². The number of amides is 1. The van der Waals surface area contributed by atoms with E-state index in [1.54, 1.807) is 13.2 Å². The number of benzene rings is 2. The number of methoxy groups -OCH3 is 1. The maximum Gasteiger partial charge on any atom is 0.248 e. The minimum atomic E-state index is -0.167. The Morgan fingerprint density at radius 3 is 2.76 bits per heavy atom. The predicted molar refractivity (Wildman–Crippen MR) is 89.5 cm³/mol. The number of carbonyl (C=O) groups excluding carboxylic acids is 1. The lowest BCUT2D eigenvalue weighted by Crippen LogP contribution is -2.07. The van der Waals surface area contributed by atoms with Gasteiger partial charge in [-0.15, -0.1) is 0 Å². The molecule has 2 aromatic carbocycles. The molecule has 0 unspecified atom stereocenters. The number of nitrogens with one attached hydrogen (secondary N) is 1. The second-order valence-corrected chi connectivity index (χ2v) is 5.42. The maximum atomic E-state index is 11.9. The zero-order valence-corrected chi connectivity index (χ0v) is 13.5. The number of anilines is 1. The third-order valence-electron chi connectivity index (χ3n) is 2.95. The summed E-state index contributed by atoms with van der Waals surface area (Å²) in [6.45, 7) is 1.98. The summed E-state index contributed by atoms with van der Waals surface area (Å²) < 4.78 is 6.16. The lowest BCUT2D eigenvalue weighted by molar-refractivity contribution is -0.111. The standard InChI is InChI=1S/C17H16BrNO2/c1-12-10-14(7-8-16(12)18)19-17(20)9-6-13-4-3-5-15(11-13)21-2/h3-11H,1-2H3,(H,19,20)/b9-6+. The first-order valence-electron chi connectivity index (χ1n) is 6.48. The van der Waals surface area contributed by atoms with Gasteiger partial charge in [0, 0.05) is 16.2 Å². The van der Waals surface area contributed by atoms with E-state index in [1.165, 1.54) is 6.08 Å². The molecule has 0 atom stereocenters. The molecule has 1 N–H and O–H groups in total. The van der Waals surface area contributed by atoms with Gasteiger partial charge >= 0.3 is 0 Å². The van der Waals surface area contributed by atoms with Gasteiger partial charge in [-0.1, -0.05) is 28.1 Å². The van der Waals surface area contributed by atoms with Gasteiger partial charge in [0.15, 0.2) is 0 Å². The third kappa shape index (κ3) is 4.46. The first-order chi connectivity index (χ1) is 10.1. The van der Waals surface area contributed by atoms with Gasteiger partial charge in [-0.25, -0.2) is 0 Å². The monoisotopic (exact) mass is 345 g/mol. The van der Waals surface area contributed by atoms with E-state index in [-0.39, 0.29) is 5.91 Å². The molecular formula is C17H16BrNO2. The number of carbonyl (C=O) groups is 1. The largest absolute Gasteiger partial charge is 0.497 e. The average Bonchev–Trinajstić information content (AvgIpc) is 2.49. The fraction of sp³-hybridized carbons (Fsp3) is 0.118. The summed E-state index contributed by atoms with van der Waals surface area (Å²) in [6.07, 6.45) is 3.26. The van der Waals surface area contributed by atoms with Gasteiger partial charge in [-0.2, -0.15) is 0 Å². The van der Waals surface area contributed by atoms with E-state index in [1.807, 2.05) is 49.4 Å². The molecule has 21 heavy (non-hydrogen) atoms. The normalized spacial score (nSPS) is 10.6. The molecule has 1 amide bonds. The molecule has 2 rings (SSSR count). The number of ether oxygens (including phenoxy) is 1. The summed E-state index contributed by atoms with van der Waals surface area (Å²) in [5, 5.41) is 2.83. The Balaban J connectivity index is 2.03. The highest BCUT2D eigenvalue weighted by molar-refractivity contribution is 9.10. The summed E-state index contributed by atoms with van der Waals surface area (Å²) in [5.74, 6) is 0.598. The summed E-state index contributed by atoms with van der Waals surface area (Å²) in [4.78, 5) is 11.9. The van der Waals surface area contributed by atoms with Crippen molar-refractivity contribution in [1.29, 1.82) is 0 Å². The molecule has 0 saturated carbocycles. The third-order valence-corrected chi connectivity index (χ3v) is 3.84. The molecule has 0 spiro atoms. The van der Waals surface area contributed by atoms with E-state index in [0.717, 1.165) is 27.0 Å². The fourth-order valence-corrected chi connectivity index (χ4v) is 2.07. The van der Waals surface area contributed by atoms with Gasteiger partial charge in [0.1, 0.15) is 5.75 Å². The Morgan fingerprint density at radius 1 is 1.24 bits per heavy atom. The van der Waals surface area contributed by atoms with E-state index in [4.69, 9.17) is 4.74 Å². The smallest absolute Gasteiger partial charge is 0.248 e. The summed E-state index contributed by atoms with van der Waals surface area (Å²) in [7, 11) is 1.62. The highest BCUT2D eigenvalue weighted by Crippen LogP contribution is 2.20. The second-order valence-electron chi connectivity index (χ2n) is 4.56. The first-order valence-corrected chi connectivity index (χ1v) is 7.27. The van der Waals surface area contributed by atoms with E-state index >= 15 is 0 Å². The van der Waals surface area contributed by atoms with Crippen LogP contribution in [0.25, 0.3) is 6.08 Å². The van der Waals surface area contributed by atoms with E-state index in [2.05, 4.69) is 21.2 Å². The van der Waals surface area contributed by atoms with Crippen LogP contribution in [0.3, 0.4) is 0 Å². The number of hydrogen-bond acceptors (Lipinski definition) is 2. The van der Waals surface area contributed by atoms with Crippen molar-refractivity contribution in [3.05, 3.63) is 64.1 Å². The van der Waals surface area contributed by atoms with Crippen molar-refractivity contribution in [2.75, 3.05) is 12.4 Å². The van der Waals surface area contributed by atoms with E-state index < -0.39 is 0 Å². The van der Waals surface area contributed by atoms with Crippen LogP contribution in [0.4, 0.5) is 5.69 Å². The molecular weight excluding hydrogens is 330 g/mol. The molecule has 0 saturated heterocycles. The average molecular weight is 346 g/mol. The molecule has 0 aliphatic carbocycles. The van der Waals surface area contributed by atoms with Gasteiger partial charge < -0.3 is 10.1 Å². The van der Waals surface area contributed by atoms with Crippen molar-refractivity contribution in [3.8, 4) is 5.75 Å². The molecule has 4 heteroatoms. The van der Waals surface area contributed by atoms with Crippen LogP contribution < -0.4 is 10.1 Å². The Bertz CT molecular complexity index is 680. The predicted octanol–water partition coefficient (Wildman–Crippen LogP) is 4.42. The van der Waals surface area contributed by atoms with Gasteiger partial charge in [-0.05, 0) is 54.5 Å². The molecule has 0 aliphatic heterocycles. The van der Waals surface area contributed by atoms with Gasteiger partial charge in [0.2, 0.25) is 5.91 Å². The Labute approximate surface area is 132 Å². The number of hydrogen-bond donors (Lipinski definition) is 1. The lowest BCUT2D eigenvalue weighted by Gasteiger charge is -2.05. The Kier molecular flexibility index (Phi) is 5.17. The molecule has 0 aliphatic rings. The minimum absolute atomic E-state index is 0.167. The SMILES string of the molecule is COc1cccc(/C=C/C(=O)Nc2ccc(Br)c(C)c2)c1. The molecule has 0 radical (unpaired) electrons. The second kappa shape index (κ2) is 7.09. The number of aryl methyl sites for hydroxylation is 1. The van der Waals surface area contributed by atoms with Crippen LogP contribution in [-0.2, 0) is 4.79 Å². The fourth-order valence-electron chi connectivity index (χ4n) is 1.82. The van der Waals surface area contributed by atoms with Crippen molar-refractivity contribution in [2.24, 2.45) is 0 Å². The molecule has 108 valence electrons. The van der Waals surface area contributed by atoms with Crippen LogP contribution in [0.15, 0.2) is 53.0 Å². The van der Waals surface area contributed by atoms with Crippen LogP contribution in [-0.4, -0.2) is 13.0 Å². The van der Waals surface area contributed by atoms with Crippen molar-refractivity contribution in [3.63, 3.8) is 0 Å². The summed E-state index contributed by atoms with van der Waals surface area (Å²) in [5.41, 5.74) is 2.76. The van der Waals surface area contributed by atoms with Gasteiger partial charge in [-0.3, -0.25) is 4.79 Å². The molecule has 0 fully saturated rings. The zero-order valence-electron chi connectivity index (χ0n) is 11.9. The molecule has 2 aromatic rings. The van der Waals surface area contributed by atoms with Crippen LogP contribution in [0.2, 0.25) is 0 Å². The van der Waals surface area contributed by atoms with Crippen LogP contribution in [0.1, 0.15) is 11.1 Å². The maximum absolute atomic E-state index is 11.9. The highest BCUT2D eigenvalue weighted by atomic mass is 79.9. The molecule has 0 aromatic heterocycles. The molecule has 0 heterocycles. The quantitative estimate of drug-likeness (QED) is 0.833. The Hall–Kier alpha value is -2.07. The van der Waals surface area contributed by atoms with Crippen molar-refractivity contribution >= 4 is 33.6 Å². The number of halogens is 1. The molecule has 0 bridgehead atoms. The van der Waals surface area contributed by atoms with Gasteiger partial charge in [0.05, 0.1) is 7.11 Å². The van der Waals surface area contributed by atoms with Crippen molar-refractivity contribution in [2.45, 2.75) is 6.92 Å². The topological polar surface area (TPSA) is 38.3 Å². The highest BCUT2D eigenvalue weighted by Gasteiger charge is 2.00. The van der Waals surface area contributed by atoms with Crippen LogP contribution in [0.5, 0.6) is 5.75 Å². The lowest BCUT2D eigenvalue weighted by atomic mass is 10.2.